The summed E-state index contributed by atoms with van der Waals surface area (Å²) in [5.41, 5.74) is 5.69. The molecule has 1 amide bonds. The number of aryl methyl sites for hydroxylation is 2. The van der Waals surface area contributed by atoms with Gasteiger partial charge in [-0.25, -0.2) is 15.0 Å². The van der Waals surface area contributed by atoms with Gasteiger partial charge in [0.15, 0.2) is 5.16 Å². The first-order valence-corrected chi connectivity index (χ1v) is 10.9. The largest absolute Gasteiger partial charge is 0.342 e. The zero-order valence-corrected chi connectivity index (χ0v) is 17.3. The Kier molecular flexibility index (Phi) is 5.35. The number of carbonyl (C=O) groups excluding carboxylic acids is 1. The number of rotatable bonds is 6. The van der Waals surface area contributed by atoms with Gasteiger partial charge >= 0.3 is 0 Å². The number of nitrogens with one attached hydrogen (secondary N) is 2. The highest BCUT2D eigenvalue weighted by Crippen LogP contribution is 2.35. The van der Waals surface area contributed by atoms with Gasteiger partial charge < -0.3 is 10.3 Å². The summed E-state index contributed by atoms with van der Waals surface area (Å²) in [6.45, 7) is 3.96. The minimum absolute atomic E-state index is 0.00850. The van der Waals surface area contributed by atoms with Gasteiger partial charge in [0.1, 0.15) is 5.82 Å². The number of fused-ring (bicyclic) bond motifs is 1. The zero-order chi connectivity index (χ0) is 19.7. The Bertz CT molecular complexity index is 1000. The minimum atomic E-state index is -0.00850. The molecular weight excluding hydrogens is 370 g/mol. The normalized spacial score (nSPS) is 14.2. The quantitative estimate of drug-likeness (QED) is 0.473. The highest BCUT2D eigenvalue weighted by Gasteiger charge is 2.22. The Labute approximate surface area is 169 Å². The number of thioether (sulfide) groups is 1. The number of nitrogens with zero attached hydrogens (tertiary/aromatic N) is 3. The van der Waals surface area contributed by atoms with Gasteiger partial charge in [0, 0.05) is 29.4 Å². The predicted molar refractivity (Wildman–Crippen MR) is 113 cm³/mol. The van der Waals surface area contributed by atoms with Crippen LogP contribution in [-0.2, 0) is 11.2 Å². The van der Waals surface area contributed by atoms with Crippen molar-refractivity contribution in [3.8, 4) is 0 Å². The van der Waals surface area contributed by atoms with Crippen molar-refractivity contribution < 1.29 is 4.79 Å². The van der Waals surface area contributed by atoms with Crippen LogP contribution in [0.15, 0.2) is 23.4 Å². The summed E-state index contributed by atoms with van der Waals surface area (Å²) >= 11 is 1.53. The first-order valence-electron chi connectivity index (χ1n) is 9.71. The Balaban J connectivity index is 1.41. The zero-order valence-electron chi connectivity index (χ0n) is 16.5. The highest BCUT2D eigenvalue weighted by molar-refractivity contribution is 7.98. The molecular formula is C21H25N5OS. The molecule has 0 saturated heterocycles. The van der Waals surface area contributed by atoms with Crippen LogP contribution >= 0.6 is 11.8 Å². The van der Waals surface area contributed by atoms with E-state index in [0.29, 0.717) is 18.8 Å². The number of H-pyrrole nitrogens is 1. The molecule has 3 aromatic rings. The van der Waals surface area contributed by atoms with Crippen molar-refractivity contribution in [2.45, 2.75) is 57.0 Å². The van der Waals surface area contributed by atoms with Crippen LogP contribution in [0.2, 0.25) is 0 Å². The smallest absolute Gasteiger partial charge is 0.224 e. The van der Waals surface area contributed by atoms with Crippen LogP contribution in [0, 0.1) is 13.8 Å². The van der Waals surface area contributed by atoms with Crippen LogP contribution in [0.4, 0.5) is 5.69 Å². The van der Waals surface area contributed by atoms with E-state index < -0.39 is 0 Å². The summed E-state index contributed by atoms with van der Waals surface area (Å²) in [5.74, 6) is 1.63. The van der Waals surface area contributed by atoms with Crippen molar-refractivity contribution in [3.63, 3.8) is 0 Å². The molecule has 2 aromatic heterocycles. The maximum Gasteiger partial charge on any atom is 0.224 e. The lowest BCUT2D eigenvalue weighted by molar-refractivity contribution is -0.116. The van der Waals surface area contributed by atoms with E-state index in [1.165, 1.54) is 31.0 Å². The third-order valence-corrected chi connectivity index (χ3v) is 6.01. The van der Waals surface area contributed by atoms with Crippen LogP contribution in [0.25, 0.3) is 11.0 Å². The molecule has 0 bridgehead atoms. The van der Waals surface area contributed by atoms with Gasteiger partial charge in [-0.3, -0.25) is 4.79 Å². The fourth-order valence-corrected chi connectivity index (χ4v) is 4.06. The molecule has 0 radical (unpaired) electrons. The van der Waals surface area contributed by atoms with Gasteiger partial charge in [-0.2, -0.15) is 0 Å². The molecule has 1 aliphatic rings. The standard InChI is InChI=1S/C21H25N5OS/c1-12-16(13(2)23-21(22-12)28-3)8-10-19(27)24-15-7-9-17-18(11-15)26-20(25-17)14-5-4-6-14/h7,9,11,14H,4-6,8,10H2,1-3H3,(H,24,27)(H,25,26). The monoisotopic (exact) mass is 395 g/mol. The maximum atomic E-state index is 12.5. The van der Waals surface area contributed by atoms with Crippen molar-refractivity contribution in [2.75, 3.05) is 11.6 Å². The van der Waals surface area contributed by atoms with E-state index in [1.54, 1.807) is 0 Å². The average Bonchev–Trinajstić information content (AvgIpc) is 3.01. The van der Waals surface area contributed by atoms with Gasteiger partial charge in [0.25, 0.3) is 0 Å². The topological polar surface area (TPSA) is 83.6 Å². The van der Waals surface area contributed by atoms with E-state index in [9.17, 15) is 4.79 Å². The summed E-state index contributed by atoms with van der Waals surface area (Å²) in [5, 5.41) is 3.78. The fourth-order valence-electron chi connectivity index (χ4n) is 3.61. The Morgan fingerprint density at radius 1 is 1.21 bits per heavy atom. The summed E-state index contributed by atoms with van der Waals surface area (Å²) in [6, 6.07) is 5.85. The molecule has 6 nitrogen and oxygen atoms in total. The van der Waals surface area contributed by atoms with Crippen LogP contribution < -0.4 is 5.32 Å². The summed E-state index contributed by atoms with van der Waals surface area (Å²) in [7, 11) is 0. The van der Waals surface area contributed by atoms with Gasteiger partial charge in [0.2, 0.25) is 5.91 Å². The Hall–Kier alpha value is -2.41. The molecule has 1 aromatic carbocycles. The second-order valence-electron chi connectivity index (χ2n) is 7.39. The van der Waals surface area contributed by atoms with E-state index in [0.717, 1.165) is 44.7 Å². The van der Waals surface area contributed by atoms with E-state index in [1.807, 2.05) is 38.3 Å². The third-order valence-electron chi connectivity index (χ3n) is 5.46. The minimum Gasteiger partial charge on any atom is -0.342 e. The van der Waals surface area contributed by atoms with E-state index >= 15 is 0 Å². The van der Waals surface area contributed by atoms with Gasteiger partial charge in [0.05, 0.1) is 11.0 Å². The molecule has 2 N–H and O–H groups in total. The number of hydrogen-bond acceptors (Lipinski definition) is 5. The molecule has 2 heterocycles. The average molecular weight is 396 g/mol. The Morgan fingerprint density at radius 3 is 2.61 bits per heavy atom. The highest BCUT2D eigenvalue weighted by atomic mass is 32.2. The van der Waals surface area contributed by atoms with Crippen molar-refractivity contribution in [3.05, 3.63) is 41.0 Å². The second kappa shape index (κ2) is 7.91. The first kappa shape index (κ1) is 18.9. The number of aromatic amines is 1. The van der Waals surface area contributed by atoms with E-state index in [-0.39, 0.29) is 5.91 Å². The van der Waals surface area contributed by atoms with Crippen molar-refractivity contribution in [1.82, 2.24) is 19.9 Å². The number of benzene rings is 1. The number of amides is 1. The van der Waals surface area contributed by atoms with Crippen LogP contribution in [0.1, 0.15) is 54.4 Å². The van der Waals surface area contributed by atoms with Crippen LogP contribution in [0.5, 0.6) is 0 Å². The van der Waals surface area contributed by atoms with Crippen molar-refractivity contribution >= 4 is 34.4 Å². The number of imidazole rings is 1. The molecule has 0 atom stereocenters. The molecule has 1 fully saturated rings. The molecule has 0 spiro atoms. The second-order valence-corrected chi connectivity index (χ2v) is 8.16. The lowest BCUT2D eigenvalue weighted by atomic mass is 9.85. The first-order chi connectivity index (χ1) is 13.5. The molecule has 1 saturated carbocycles. The van der Waals surface area contributed by atoms with Gasteiger partial charge in [-0.05, 0) is 63.1 Å². The number of hydrogen-bond donors (Lipinski definition) is 2. The van der Waals surface area contributed by atoms with Gasteiger partial charge in [-0.15, -0.1) is 0 Å². The SMILES string of the molecule is CSc1nc(C)c(CCC(=O)Nc2ccc3nc(C4CCC4)[nH]c3c2)c(C)n1. The molecule has 28 heavy (non-hydrogen) atoms. The van der Waals surface area contributed by atoms with Gasteiger partial charge in [-0.1, -0.05) is 18.2 Å². The van der Waals surface area contributed by atoms with Crippen molar-refractivity contribution in [1.29, 1.82) is 0 Å². The Morgan fingerprint density at radius 2 is 1.96 bits per heavy atom. The molecule has 146 valence electrons. The number of anilines is 1. The van der Waals surface area contributed by atoms with Crippen LogP contribution in [-0.4, -0.2) is 32.1 Å². The van der Waals surface area contributed by atoms with E-state index in [2.05, 4.69) is 25.3 Å². The summed E-state index contributed by atoms with van der Waals surface area (Å²) in [4.78, 5) is 29.5. The number of carbonyl (C=O) groups is 1. The molecule has 0 unspecified atom stereocenters. The predicted octanol–water partition coefficient (Wildman–Crippen LogP) is 4.53. The molecule has 7 heteroatoms. The summed E-state index contributed by atoms with van der Waals surface area (Å²) < 4.78 is 0. The third kappa shape index (κ3) is 3.90. The fraction of sp³-hybridized carbons (Fsp3) is 0.429. The summed E-state index contributed by atoms with van der Waals surface area (Å²) in [6.07, 6.45) is 6.71. The lowest BCUT2D eigenvalue weighted by Crippen LogP contribution is -2.13. The lowest BCUT2D eigenvalue weighted by Gasteiger charge is -2.22. The van der Waals surface area contributed by atoms with E-state index in [4.69, 9.17) is 0 Å². The maximum absolute atomic E-state index is 12.5. The molecule has 1 aliphatic carbocycles. The number of aromatic nitrogens is 4. The molecule has 4 rings (SSSR count). The van der Waals surface area contributed by atoms with Crippen LogP contribution in [0.3, 0.4) is 0 Å². The van der Waals surface area contributed by atoms with Crippen molar-refractivity contribution in [2.24, 2.45) is 0 Å². The molecule has 0 aliphatic heterocycles.